The molecule has 190 valence electrons. The van der Waals surface area contributed by atoms with E-state index in [2.05, 4.69) is 20.4 Å². The monoisotopic (exact) mass is 522 g/mol. The van der Waals surface area contributed by atoms with E-state index in [-0.39, 0.29) is 0 Å². The molecular weight excluding hydrogens is 490 g/mol. The molecule has 0 bridgehead atoms. The molecule has 0 radical (unpaired) electrons. The molecule has 3 atom stereocenters. The maximum atomic E-state index is 14.9. The SMILES string of the molecule is COc1ccccc1NC(=O)NC1CCC(CCN2CCN(c3cccc(Cl)c3Cl)CC2)CC1F. The Hall–Kier alpha value is -2.22. The fourth-order valence-electron chi connectivity index (χ4n) is 5.01. The highest BCUT2D eigenvalue weighted by Crippen LogP contribution is 2.33. The number of para-hydroxylation sites is 2. The van der Waals surface area contributed by atoms with Gasteiger partial charge in [-0.1, -0.05) is 41.4 Å². The van der Waals surface area contributed by atoms with E-state index in [0.29, 0.717) is 40.2 Å². The van der Waals surface area contributed by atoms with Gasteiger partial charge in [0.2, 0.25) is 0 Å². The maximum Gasteiger partial charge on any atom is 0.319 e. The van der Waals surface area contributed by atoms with E-state index in [4.69, 9.17) is 27.9 Å². The van der Waals surface area contributed by atoms with Gasteiger partial charge in [0.15, 0.2) is 0 Å². The number of hydrogen-bond donors (Lipinski definition) is 2. The van der Waals surface area contributed by atoms with Crippen molar-refractivity contribution < 1.29 is 13.9 Å². The number of nitrogens with zero attached hydrogens (tertiary/aromatic N) is 2. The Labute approximate surface area is 216 Å². The number of hydrogen-bond acceptors (Lipinski definition) is 4. The van der Waals surface area contributed by atoms with Crippen molar-refractivity contribution in [2.75, 3.05) is 50.1 Å². The van der Waals surface area contributed by atoms with Gasteiger partial charge in [-0.3, -0.25) is 4.90 Å². The summed E-state index contributed by atoms with van der Waals surface area (Å²) in [7, 11) is 1.55. The van der Waals surface area contributed by atoms with E-state index < -0.39 is 18.2 Å². The Bertz CT molecular complexity index is 1000. The van der Waals surface area contributed by atoms with Crippen LogP contribution < -0.4 is 20.3 Å². The number of amides is 2. The summed E-state index contributed by atoms with van der Waals surface area (Å²) >= 11 is 12.5. The Kier molecular flexibility index (Phi) is 8.98. The van der Waals surface area contributed by atoms with Crippen molar-refractivity contribution in [2.24, 2.45) is 5.92 Å². The zero-order valence-electron chi connectivity index (χ0n) is 20.0. The molecule has 1 aliphatic carbocycles. The van der Waals surface area contributed by atoms with Crippen LogP contribution in [-0.4, -0.2) is 63.0 Å². The van der Waals surface area contributed by atoms with Gasteiger partial charge in [0.05, 0.1) is 34.6 Å². The molecule has 3 unspecified atom stereocenters. The second-order valence-corrected chi connectivity index (χ2v) is 10.1. The summed E-state index contributed by atoms with van der Waals surface area (Å²) in [6.07, 6.45) is 1.97. The smallest absolute Gasteiger partial charge is 0.319 e. The van der Waals surface area contributed by atoms with Crippen LogP contribution in [0.2, 0.25) is 10.0 Å². The molecule has 2 N–H and O–H groups in total. The van der Waals surface area contributed by atoms with Gasteiger partial charge >= 0.3 is 6.03 Å². The lowest BCUT2D eigenvalue weighted by atomic mass is 9.82. The predicted octanol–water partition coefficient (Wildman–Crippen LogP) is 5.84. The van der Waals surface area contributed by atoms with Gasteiger partial charge in [0.25, 0.3) is 0 Å². The molecule has 1 saturated carbocycles. The topological polar surface area (TPSA) is 56.8 Å². The van der Waals surface area contributed by atoms with Crippen molar-refractivity contribution in [1.82, 2.24) is 10.2 Å². The van der Waals surface area contributed by atoms with Crippen LogP contribution in [0.5, 0.6) is 5.75 Å². The van der Waals surface area contributed by atoms with Crippen LogP contribution in [0.25, 0.3) is 0 Å². The first-order valence-electron chi connectivity index (χ1n) is 12.2. The number of benzene rings is 2. The molecule has 2 aromatic rings. The van der Waals surface area contributed by atoms with Gasteiger partial charge in [0.1, 0.15) is 11.9 Å². The fourth-order valence-corrected chi connectivity index (χ4v) is 5.43. The lowest BCUT2D eigenvalue weighted by Crippen LogP contribution is -2.48. The molecule has 2 aliphatic rings. The van der Waals surface area contributed by atoms with Crippen LogP contribution in [0.3, 0.4) is 0 Å². The first-order valence-corrected chi connectivity index (χ1v) is 13.0. The van der Waals surface area contributed by atoms with Crippen LogP contribution in [0.15, 0.2) is 42.5 Å². The molecule has 1 aliphatic heterocycles. The van der Waals surface area contributed by atoms with Gasteiger partial charge < -0.3 is 20.3 Å². The molecule has 35 heavy (non-hydrogen) atoms. The average Bonchev–Trinajstić information content (AvgIpc) is 2.86. The zero-order valence-corrected chi connectivity index (χ0v) is 21.5. The number of urea groups is 1. The molecule has 1 saturated heterocycles. The minimum Gasteiger partial charge on any atom is -0.495 e. The largest absolute Gasteiger partial charge is 0.495 e. The summed E-state index contributed by atoms with van der Waals surface area (Å²) in [5.41, 5.74) is 1.55. The van der Waals surface area contributed by atoms with E-state index in [1.807, 2.05) is 24.3 Å². The molecular formula is C26H33Cl2FN4O2. The number of carbonyl (C=O) groups is 1. The number of rotatable bonds is 7. The summed E-state index contributed by atoms with van der Waals surface area (Å²) in [5, 5.41) is 6.76. The standard InChI is InChI=1S/C26H33Cl2FN4O2/c1-35-24-8-3-2-6-22(24)31-26(34)30-21-10-9-18(17-20(21)29)11-12-32-13-15-33(16-14-32)23-7-4-5-19(27)25(23)28/h2-8,18,20-21H,9-17H2,1H3,(H2,30,31,34). The zero-order chi connectivity index (χ0) is 24.8. The minimum atomic E-state index is -1.04. The second-order valence-electron chi connectivity index (χ2n) is 9.29. The lowest BCUT2D eigenvalue weighted by Gasteiger charge is -2.38. The number of alkyl halides is 1. The Morgan fingerprint density at radius 3 is 2.60 bits per heavy atom. The average molecular weight is 523 g/mol. The molecule has 6 nitrogen and oxygen atoms in total. The van der Waals surface area contributed by atoms with Gasteiger partial charge in [0, 0.05) is 26.2 Å². The van der Waals surface area contributed by atoms with Crippen molar-refractivity contribution in [3.63, 3.8) is 0 Å². The third-order valence-corrected chi connectivity index (χ3v) is 7.86. The fraction of sp³-hybridized carbons (Fsp3) is 0.500. The van der Waals surface area contributed by atoms with E-state index >= 15 is 0 Å². The van der Waals surface area contributed by atoms with E-state index in [1.54, 1.807) is 25.3 Å². The number of anilines is 2. The van der Waals surface area contributed by atoms with Gasteiger partial charge in [-0.2, -0.15) is 0 Å². The predicted molar refractivity (Wildman–Crippen MR) is 141 cm³/mol. The third kappa shape index (κ3) is 6.72. The van der Waals surface area contributed by atoms with Crippen molar-refractivity contribution in [3.8, 4) is 5.75 Å². The third-order valence-electron chi connectivity index (χ3n) is 7.05. The van der Waals surface area contributed by atoms with E-state index in [9.17, 15) is 9.18 Å². The summed E-state index contributed by atoms with van der Waals surface area (Å²) in [6, 6.07) is 12.0. The second kappa shape index (κ2) is 12.2. The van der Waals surface area contributed by atoms with E-state index in [1.165, 1.54) is 0 Å². The van der Waals surface area contributed by atoms with Gasteiger partial charge in [-0.25, -0.2) is 9.18 Å². The molecule has 0 aromatic heterocycles. The molecule has 2 fully saturated rings. The van der Waals surface area contributed by atoms with Crippen molar-refractivity contribution in [2.45, 2.75) is 37.9 Å². The van der Waals surface area contributed by atoms with Crippen LogP contribution in [0.4, 0.5) is 20.6 Å². The summed E-state index contributed by atoms with van der Waals surface area (Å²) in [5.74, 6) is 0.903. The molecule has 1 heterocycles. The summed E-state index contributed by atoms with van der Waals surface area (Å²) < 4.78 is 20.2. The highest BCUT2D eigenvalue weighted by molar-refractivity contribution is 6.43. The molecule has 0 spiro atoms. The minimum absolute atomic E-state index is 0.334. The highest BCUT2D eigenvalue weighted by atomic mass is 35.5. The number of nitrogens with one attached hydrogen (secondary N) is 2. The summed E-state index contributed by atoms with van der Waals surface area (Å²) in [6.45, 7) is 4.64. The van der Waals surface area contributed by atoms with Crippen molar-refractivity contribution in [1.29, 1.82) is 0 Å². The Balaban J connectivity index is 1.18. The number of halogens is 3. The van der Waals surface area contributed by atoms with Crippen LogP contribution >= 0.6 is 23.2 Å². The van der Waals surface area contributed by atoms with Crippen molar-refractivity contribution in [3.05, 3.63) is 52.5 Å². The lowest BCUT2D eigenvalue weighted by molar-refractivity contribution is 0.136. The quantitative estimate of drug-likeness (QED) is 0.479. The van der Waals surface area contributed by atoms with Crippen LogP contribution in [0, 0.1) is 5.92 Å². The summed E-state index contributed by atoms with van der Waals surface area (Å²) in [4.78, 5) is 17.1. The van der Waals surface area contributed by atoms with Crippen LogP contribution in [0.1, 0.15) is 25.7 Å². The maximum absolute atomic E-state index is 14.9. The first kappa shape index (κ1) is 25.9. The van der Waals surface area contributed by atoms with Crippen molar-refractivity contribution >= 4 is 40.6 Å². The molecule has 4 rings (SSSR count). The Morgan fingerprint density at radius 1 is 1.09 bits per heavy atom. The van der Waals surface area contributed by atoms with E-state index in [0.717, 1.165) is 51.3 Å². The highest BCUT2D eigenvalue weighted by Gasteiger charge is 2.32. The Morgan fingerprint density at radius 2 is 1.86 bits per heavy atom. The number of carbonyl (C=O) groups excluding carboxylic acids is 1. The van der Waals surface area contributed by atoms with Gasteiger partial charge in [-0.15, -0.1) is 0 Å². The number of piperazine rings is 1. The van der Waals surface area contributed by atoms with Gasteiger partial charge in [-0.05, 0) is 62.4 Å². The number of ether oxygens (including phenoxy) is 1. The molecule has 2 amide bonds. The number of methoxy groups -OCH3 is 1. The van der Waals surface area contributed by atoms with Crippen LogP contribution in [-0.2, 0) is 0 Å². The first-order chi connectivity index (χ1) is 16.9. The molecule has 9 heteroatoms. The normalized spacial score (nSPS) is 23.1. The molecule has 2 aromatic carbocycles.